The van der Waals surface area contributed by atoms with Crippen LogP contribution in [-0.2, 0) is 11.3 Å². The third kappa shape index (κ3) is 1.45. The molecule has 0 saturated heterocycles. The molecule has 0 fully saturated rings. The molecule has 86 valence electrons. The number of hydrogen-bond acceptors (Lipinski definition) is 4. The maximum Gasteiger partial charge on any atom is 0.336 e. The van der Waals surface area contributed by atoms with Crippen molar-refractivity contribution >= 4 is 5.97 Å². The first-order valence-corrected chi connectivity index (χ1v) is 4.79. The molecular weight excluding hydrogens is 212 g/mol. The highest BCUT2D eigenvalue weighted by atomic mass is 16.6. The average Bonchev–Trinajstić information content (AvgIpc) is 2.62. The molecule has 1 aromatic rings. The number of aromatic carboxylic acids is 1. The zero-order valence-electron chi connectivity index (χ0n) is 8.98. The van der Waals surface area contributed by atoms with Crippen LogP contribution in [0.25, 0.3) is 0 Å². The van der Waals surface area contributed by atoms with Gasteiger partial charge < -0.3 is 19.7 Å². The van der Waals surface area contributed by atoms with Gasteiger partial charge in [-0.15, -0.1) is 0 Å². The molecule has 0 amide bonds. The highest BCUT2D eigenvalue weighted by Gasteiger charge is 2.30. The van der Waals surface area contributed by atoms with Crippen molar-refractivity contribution in [3.63, 3.8) is 0 Å². The maximum atomic E-state index is 11.1. The predicted octanol–water partition coefficient (Wildman–Crippen LogP) is 1.22. The average molecular weight is 224 g/mol. The van der Waals surface area contributed by atoms with Crippen molar-refractivity contribution in [1.82, 2.24) is 0 Å². The third-order valence-electron chi connectivity index (χ3n) is 2.80. The topological polar surface area (TPSA) is 76.0 Å². The van der Waals surface area contributed by atoms with Crippen LogP contribution in [0.4, 0.5) is 0 Å². The summed E-state index contributed by atoms with van der Waals surface area (Å²) in [6, 6.07) is 1.41. The fourth-order valence-corrected chi connectivity index (χ4v) is 1.93. The van der Waals surface area contributed by atoms with Gasteiger partial charge in [-0.1, -0.05) is 0 Å². The summed E-state index contributed by atoms with van der Waals surface area (Å²) >= 11 is 0. The van der Waals surface area contributed by atoms with E-state index in [0.717, 1.165) is 5.56 Å². The number of hydrogen-bond donors (Lipinski definition) is 2. The number of aliphatic hydroxyl groups is 1. The van der Waals surface area contributed by atoms with Crippen molar-refractivity contribution in [2.24, 2.45) is 0 Å². The van der Waals surface area contributed by atoms with Gasteiger partial charge in [0.1, 0.15) is 5.75 Å². The van der Waals surface area contributed by atoms with E-state index >= 15 is 0 Å². The Balaban J connectivity index is 2.71. The lowest BCUT2D eigenvalue weighted by atomic mass is 9.97. The molecule has 1 unspecified atom stereocenters. The van der Waals surface area contributed by atoms with E-state index in [1.54, 1.807) is 0 Å². The Hall–Kier alpha value is -1.59. The van der Waals surface area contributed by atoms with Crippen LogP contribution in [0.3, 0.4) is 0 Å². The Morgan fingerprint density at radius 1 is 1.62 bits per heavy atom. The summed E-state index contributed by atoms with van der Waals surface area (Å²) in [5.74, 6) is -0.604. The number of carboxylic acid groups (broad SMARTS) is 1. The number of carboxylic acids is 1. The van der Waals surface area contributed by atoms with Crippen molar-refractivity contribution in [3.05, 3.63) is 28.3 Å². The smallest absolute Gasteiger partial charge is 0.336 e. The second-order valence-corrected chi connectivity index (χ2v) is 3.61. The molecule has 5 heteroatoms. The molecule has 1 heterocycles. The first-order valence-electron chi connectivity index (χ1n) is 4.79. The van der Waals surface area contributed by atoms with E-state index in [0.29, 0.717) is 16.9 Å². The van der Waals surface area contributed by atoms with Crippen molar-refractivity contribution in [2.75, 3.05) is 7.11 Å². The molecule has 1 aliphatic heterocycles. The fraction of sp³-hybridized carbons (Fsp3) is 0.364. The third-order valence-corrected chi connectivity index (χ3v) is 2.80. The number of fused-ring (bicyclic) bond motifs is 1. The summed E-state index contributed by atoms with van der Waals surface area (Å²) in [5.41, 5.74) is 1.87. The Bertz CT molecular complexity index is 452. The lowest BCUT2D eigenvalue weighted by Gasteiger charge is -2.12. The summed E-state index contributed by atoms with van der Waals surface area (Å²) in [4.78, 5) is 11.1. The molecular formula is C11H12O5. The Morgan fingerprint density at radius 2 is 2.31 bits per heavy atom. The molecule has 1 atom stereocenters. The molecule has 2 rings (SSSR count). The zero-order chi connectivity index (χ0) is 11.9. The largest absolute Gasteiger partial charge is 0.496 e. The zero-order valence-corrected chi connectivity index (χ0v) is 8.98. The summed E-state index contributed by atoms with van der Waals surface area (Å²) in [7, 11) is 1.48. The van der Waals surface area contributed by atoms with Crippen molar-refractivity contribution in [1.29, 1.82) is 0 Å². The Kier molecular flexibility index (Phi) is 2.57. The monoisotopic (exact) mass is 224 g/mol. The van der Waals surface area contributed by atoms with Crippen LogP contribution in [-0.4, -0.2) is 23.3 Å². The molecule has 0 saturated carbocycles. The highest BCUT2D eigenvalue weighted by Crippen LogP contribution is 2.38. The molecule has 5 nitrogen and oxygen atoms in total. The van der Waals surface area contributed by atoms with E-state index in [1.807, 2.05) is 6.92 Å². The van der Waals surface area contributed by atoms with Crippen LogP contribution in [0, 0.1) is 6.92 Å². The van der Waals surface area contributed by atoms with Crippen molar-refractivity contribution in [3.8, 4) is 5.75 Å². The van der Waals surface area contributed by atoms with Crippen LogP contribution >= 0.6 is 0 Å². The van der Waals surface area contributed by atoms with E-state index in [4.69, 9.17) is 14.6 Å². The molecule has 0 spiro atoms. The van der Waals surface area contributed by atoms with Gasteiger partial charge in [0.25, 0.3) is 0 Å². The Labute approximate surface area is 92.2 Å². The first kappa shape index (κ1) is 10.9. The van der Waals surface area contributed by atoms with E-state index in [1.165, 1.54) is 13.2 Å². The minimum Gasteiger partial charge on any atom is -0.496 e. The van der Waals surface area contributed by atoms with Crippen molar-refractivity contribution in [2.45, 2.75) is 19.8 Å². The number of rotatable bonds is 2. The minimum absolute atomic E-state index is 0.0300. The summed E-state index contributed by atoms with van der Waals surface area (Å²) < 4.78 is 10.1. The second-order valence-electron chi connectivity index (χ2n) is 3.61. The summed E-state index contributed by atoms with van der Waals surface area (Å²) in [5, 5.41) is 18.6. The van der Waals surface area contributed by atoms with Crippen LogP contribution in [0.15, 0.2) is 6.07 Å². The summed E-state index contributed by atoms with van der Waals surface area (Å²) in [6.45, 7) is 2.02. The van der Waals surface area contributed by atoms with Gasteiger partial charge in [0, 0.05) is 5.56 Å². The minimum atomic E-state index is -1.16. The molecule has 1 aliphatic rings. The second kappa shape index (κ2) is 3.77. The molecule has 0 bridgehead atoms. The quantitative estimate of drug-likeness (QED) is 0.790. The highest BCUT2D eigenvalue weighted by molar-refractivity contribution is 5.91. The van der Waals surface area contributed by atoms with Gasteiger partial charge in [-0.05, 0) is 24.1 Å². The van der Waals surface area contributed by atoms with Crippen molar-refractivity contribution < 1.29 is 24.5 Å². The van der Waals surface area contributed by atoms with Gasteiger partial charge in [-0.25, -0.2) is 4.79 Å². The predicted molar refractivity (Wildman–Crippen MR) is 54.4 cm³/mol. The standard InChI is InChI=1S/C11H12O5/c1-5-7-4-16-11(14)9(7)6(10(12)13)3-8(5)15-2/h3,11,14H,4H2,1-2H3,(H,12,13). The lowest BCUT2D eigenvalue weighted by Crippen LogP contribution is -2.07. The van der Waals surface area contributed by atoms with E-state index in [2.05, 4.69) is 0 Å². The van der Waals surface area contributed by atoms with Crippen LogP contribution in [0.2, 0.25) is 0 Å². The van der Waals surface area contributed by atoms with E-state index in [9.17, 15) is 9.90 Å². The molecule has 0 aliphatic carbocycles. The van der Waals surface area contributed by atoms with Crippen LogP contribution < -0.4 is 4.74 Å². The van der Waals surface area contributed by atoms with Crippen LogP contribution in [0.1, 0.15) is 33.3 Å². The Morgan fingerprint density at radius 3 is 2.88 bits per heavy atom. The fourth-order valence-electron chi connectivity index (χ4n) is 1.93. The molecule has 0 aromatic heterocycles. The molecule has 16 heavy (non-hydrogen) atoms. The number of methoxy groups -OCH3 is 1. The van der Waals surface area contributed by atoms with Gasteiger partial charge in [0.05, 0.1) is 19.3 Å². The van der Waals surface area contributed by atoms with Crippen LogP contribution in [0.5, 0.6) is 5.75 Å². The van der Waals surface area contributed by atoms with Gasteiger partial charge in [0.2, 0.25) is 0 Å². The SMILES string of the molecule is COc1cc(C(=O)O)c2c(c1C)COC2O. The number of ether oxygens (including phenoxy) is 2. The molecule has 1 aromatic carbocycles. The normalized spacial score (nSPS) is 18.3. The number of aliphatic hydroxyl groups excluding tert-OH is 1. The van der Waals surface area contributed by atoms with E-state index in [-0.39, 0.29) is 12.2 Å². The number of benzene rings is 1. The molecule has 0 radical (unpaired) electrons. The first-order chi connectivity index (χ1) is 7.56. The maximum absolute atomic E-state index is 11.1. The van der Waals surface area contributed by atoms with Gasteiger partial charge in [-0.3, -0.25) is 0 Å². The van der Waals surface area contributed by atoms with Gasteiger partial charge >= 0.3 is 5.97 Å². The van der Waals surface area contributed by atoms with E-state index < -0.39 is 12.3 Å². The lowest BCUT2D eigenvalue weighted by molar-refractivity contribution is -0.0922. The van der Waals surface area contributed by atoms with Gasteiger partial charge in [0.15, 0.2) is 6.29 Å². The summed E-state index contributed by atoms with van der Waals surface area (Å²) in [6.07, 6.45) is -1.16. The number of carbonyl (C=O) groups is 1. The van der Waals surface area contributed by atoms with Gasteiger partial charge in [-0.2, -0.15) is 0 Å². The molecule has 2 N–H and O–H groups in total.